The van der Waals surface area contributed by atoms with Crippen LogP contribution in [0.1, 0.15) is 37.1 Å². The van der Waals surface area contributed by atoms with Crippen LogP contribution in [0.2, 0.25) is 0 Å². The van der Waals surface area contributed by atoms with Gasteiger partial charge in [-0.3, -0.25) is 9.36 Å². The van der Waals surface area contributed by atoms with Crippen molar-refractivity contribution in [1.82, 2.24) is 14.9 Å². The smallest absolute Gasteiger partial charge is 0.262 e. The van der Waals surface area contributed by atoms with E-state index in [0.717, 1.165) is 41.7 Å². The lowest BCUT2D eigenvalue weighted by Gasteiger charge is -2.08. The van der Waals surface area contributed by atoms with Crippen LogP contribution in [0.4, 0.5) is 0 Å². The van der Waals surface area contributed by atoms with E-state index in [-0.39, 0.29) is 5.56 Å². The summed E-state index contributed by atoms with van der Waals surface area (Å²) in [7, 11) is 0. The molecule has 2 rings (SSSR count). The van der Waals surface area contributed by atoms with Gasteiger partial charge in [0.15, 0.2) is 0 Å². The molecule has 0 saturated heterocycles. The van der Waals surface area contributed by atoms with Crippen molar-refractivity contribution in [1.29, 1.82) is 0 Å². The van der Waals surface area contributed by atoms with Gasteiger partial charge in [0, 0.05) is 17.5 Å². The SMILES string of the molecule is Cc1sc2ncn(CCCCNC(C)C)c(=O)c2c1C. The van der Waals surface area contributed by atoms with Gasteiger partial charge in [-0.2, -0.15) is 0 Å². The lowest BCUT2D eigenvalue weighted by Crippen LogP contribution is -2.25. The number of hydrogen-bond acceptors (Lipinski definition) is 4. The molecule has 110 valence electrons. The van der Waals surface area contributed by atoms with E-state index in [1.165, 1.54) is 4.88 Å². The van der Waals surface area contributed by atoms with Crippen LogP contribution < -0.4 is 10.9 Å². The summed E-state index contributed by atoms with van der Waals surface area (Å²) in [5, 5.41) is 4.19. The summed E-state index contributed by atoms with van der Waals surface area (Å²) < 4.78 is 1.75. The first-order valence-electron chi connectivity index (χ1n) is 7.19. The highest BCUT2D eigenvalue weighted by Crippen LogP contribution is 2.25. The van der Waals surface area contributed by atoms with Crippen LogP contribution in [0, 0.1) is 13.8 Å². The zero-order valence-corrected chi connectivity index (χ0v) is 13.5. The van der Waals surface area contributed by atoms with Crippen LogP contribution in [-0.4, -0.2) is 22.1 Å². The molecule has 2 aromatic heterocycles. The molecular formula is C15H23N3OS. The van der Waals surface area contributed by atoms with E-state index >= 15 is 0 Å². The van der Waals surface area contributed by atoms with E-state index in [9.17, 15) is 4.79 Å². The van der Waals surface area contributed by atoms with Gasteiger partial charge in [-0.15, -0.1) is 11.3 Å². The molecule has 1 N–H and O–H groups in total. The highest BCUT2D eigenvalue weighted by atomic mass is 32.1. The minimum Gasteiger partial charge on any atom is -0.315 e. The summed E-state index contributed by atoms with van der Waals surface area (Å²) in [6, 6.07) is 0.521. The molecule has 0 atom stereocenters. The van der Waals surface area contributed by atoms with Crippen molar-refractivity contribution in [2.24, 2.45) is 0 Å². The molecule has 0 aliphatic heterocycles. The molecule has 0 aliphatic rings. The number of aromatic nitrogens is 2. The summed E-state index contributed by atoms with van der Waals surface area (Å²) in [5.41, 5.74) is 1.19. The van der Waals surface area contributed by atoms with Gasteiger partial charge in [0.1, 0.15) is 4.83 Å². The van der Waals surface area contributed by atoms with Crippen molar-refractivity contribution >= 4 is 21.6 Å². The Balaban J connectivity index is 2.06. The molecule has 0 bridgehead atoms. The van der Waals surface area contributed by atoms with Gasteiger partial charge >= 0.3 is 0 Å². The van der Waals surface area contributed by atoms with Crippen molar-refractivity contribution in [2.45, 2.75) is 53.1 Å². The average Bonchev–Trinajstić information content (AvgIpc) is 2.68. The second-order valence-electron chi connectivity index (χ2n) is 5.52. The van der Waals surface area contributed by atoms with Crippen LogP contribution in [0.3, 0.4) is 0 Å². The van der Waals surface area contributed by atoms with Crippen molar-refractivity contribution < 1.29 is 0 Å². The molecule has 0 fully saturated rings. The average molecular weight is 293 g/mol. The topological polar surface area (TPSA) is 46.9 Å². The highest BCUT2D eigenvalue weighted by molar-refractivity contribution is 7.18. The Hall–Kier alpha value is -1.20. The molecule has 4 nitrogen and oxygen atoms in total. The van der Waals surface area contributed by atoms with E-state index in [1.54, 1.807) is 22.2 Å². The molecule has 0 spiro atoms. The molecule has 2 aromatic rings. The third-order valence-electron chi connectivity index (χ3n) is 3.53. The van der Waals surface area contributed by atoms with Crippen molar-refractivity contribution in [2.75, 3.05) is 6.54 Å². The van der Waals surface area contributed by atoms with E-state index in [1.807, 2.05) is 13.8 Å². The molecule has 0 unspecified atom stereocenters. The molecule has 0 saturated carbocycles. The van der Waals surface area contributed by atoms with Gasteiger partial charge in [0.2, 0.25) is 0 Å². The first-order chi connectivity index (χ1) is 9.50. The third-order valence-corrected chi connectivity index (χ3v) is 4.65. The van der Waals surface area contributed by atoms with Crippen LogP contribution in [0.25, 0.3) is 10.2 Å². The first kappa shape index (κ1) is 15.2. The molecule has 0 aliphatic carbocycles. The number of fused-ring (bicyclic) bond motifs is 1. The van der Waals surface area contributed by atoms with Crippen LogP contribution >= 0.6 is 11.3 Å². The molecule has 0 aromatic carbocycles. The van der Waals surface area contributed by atoms with Crippen molar-refractivity contribution in [3.05, 3.63) is 27.1 Å². The predicted molar refractivity (Wildman–Crippen MR) is 85.7 cm³/mol. The maximum absolute atomic E-state index is 12.4. The maximum Gasteiger partial charge on any atom is 0.262 e. The second-order valence-corrected chi connectivity index (χ2v) is 6.73. The van der Waals surface area contributed by atoms with Crippen molar-refractivity contribution in [3.63, 3.8) is 0 Å². The Bertz CT molecular complexity index is 642. The summed E-state index contributed by atoms with van der Waals surface area (Å²) in [5.74, 6) is 0. The largest absolute Gasteiger partial charge is 0.315 e. The molecule has 20 heavy (non-hydrogen) atoms. The zero-order valence-electron chi connectivity index (χ0n) is 12.7. The molecule has 0 radical (unpaired) electrons. The van der Waals surface area contributed by atoms with Crippen LogP contribution in [-0.2, 0) is 6.54 Å². The van der Waals surface area contributed by atoms with E-state index < -0.39 is 0 Å². The van der Waals surface area contributed by atoms with Gasteiger partial charge in [-0.25, -0.2) is 4.98 Å². The zero-order chi connectivity index (χ0) is 14.7. The Morgan fingerprint density at radius 3 is 2.80 bits per heavy atom. The molecule has 5 heteroatoms. The monoisotopic (exact) mass is 293 g/mol. The van der Waals surface area contributed by atoms with E-state index in [2.05, 4.69) is 24.1 Å². The number of rotatable bonds is 6. The van der Waals surface area contributed by atoms with Gasteiger partial charge < -0.3 is 5.32 Å². The third kappa shape index (κ3) is 3.27. The number of nitrogens with zero attached hydrogens (tertiary/aromatic N) is 2. The fourth-order valence-electron chi connectivity index (χ4n) is 2.23. The van der Waals surface area contributed by atoms with Gasteiger partial charge in [0.05, 0.1) is 11.7 Å². The van der Waals surface area contributed by atoms with E-state index in [4.69, 9.17) is 0 Å². The lowest BCUT2D eigenvalue weighted by atomic mass is 10.2. The Labute approximate surface area is 123 Å². The van der Waals surface area contributed by atoms with Crippen molar-refractivity contribution in [3.8, 4) is 0 Å². The number of aryl methyl sites for hydroxylation is 3. The van der Waals surface area contributed by atoms with Gasteiger partial charge in [-0.05, 0) is 38.8 Å². The van der Waals surface area contributed by atoms with Gasteiger partial charge in [-0.1, -0.05) is 13.8 Å². The maximum atomic E-state index is 12.4. The minimum atomic E-state index is 0.105. The molecule has 0 amide bonds. The summed E-state index contributed by atoms with van der Waals surface area (Å²) >= 11 is 1.60. The first-order valence-corrected chi connectivity index (χ1v) is 8.01. The van der Waals surface area contributed by atoms with Crippen LogP contribution in [0.5, 0.6) is 0 Å². The quantitative estimate of drug-likeness (QED) is 0.833. The molecule has 2 heterocycles. The number of nitrogens with one attached hydrogen (secondary N) is 1. The Kier molecular flexibility index (Phi) is 4.94. The molecular weight excluding hydrogens is 270 g/mol. The minimum absolute atomic E-state index is 0.105. The van der Waals surface area contributed by atoms with Crippen LogP contribution in [0.15, 0.2) is 11.1 Å². The fourth-order valence-corrected chi connectivity index (χ4v) is 3.21. The second kappa shape index (κ2) is 6.50. The lowest BCUT2D eigenvalue weighted by molar-refractivity contribution is 0.525. The summed E-state index contributed by atoms with van der Waals surface area (Å²) in [4.78, 5) is 18.9. The Morgan fingerprint density at radius 1 is 1.35 bits per heavy atom. The van der Waals surface area contributed by atoms with Gasteiger partial charge in [0.25, 0.3) is 5.56 Å². The number of thiophene rings is 1. The predicted octanol–water partition coefficient (Wildman–Crippen LogP) is 2.85. The Morgan fingerprint density at radius 2 is 2.10 bits per heavy atom. The number of unbranched alkanes of at least 4 members (excludes halogenated alkanes) is 1. The highest BCUT2D eigenvalue weighted by Gasteiger charge is 2.11. The summed E-state index contributed by atoms with van der Waals surface area (Å²) in [6.45, 7) is 10.1. The normalized spacial score (nSPS) is 11.7. The fraction of sp³-hybridized carbons (Fsp3) is 0.600. The standard InChI is InChI=1S/C15H23N3OS/c1-10(2)16-7-5-6-8-18-9-17-14-13(15(18)19)11(3)12(4)20-14/h9-10,16H,5-8H2,1-4H3. The summed E-state index contributed by atoms with van der Waals surface area (Å²) in [6.07, 6.45) is 3.76. The van der Waals surface area contributed by atoms with E-state index in [0.29, 0.717) is 6.04 Å². The number of hydrogen-bond donors (Lipinski definition) is 1.